The lowest BCUT2D eigenvalue weighted by molar-refractivity contribution is 0.506. The van der Waals surface area contributed by atoms with E-state index < -0.39 is 0 Å². The number of halogens is 1. The second-order valence-corrected chi connectivity index (χ2v) is 9.07. The molecule has 0 spiro atoms. The smallest absolute Gasteiger partial charge is 0.259 e. The number of benzene rings is 1. The fraction of sp³-hybridized carbons (Fsp3) is 0.333. The molecule has 4 aromatic rings. The highest BCUT2D eigenvalue weighted by atomic mass is 35.5. The van der Waals surface area contributed by atoms with Gasteiger partial charge in [0, 0.05) is 42.8 Å². The highest BCUT2D eigenvalue weighted by molar-refractivity contribution is 6.29. The van der Waals surface area contributed by atoms with Crippen molar-refractivity contribution in [3.8, 4) is 0 Å². The van der Waals surface area contributed by atoms with Crippen LogP contribution in [0.1, 0.15) is 36.7 Å². The Morgan fingerprint density at radius 3 is 2.74 bits per heavy atom. The third kappa shape index (κ3) is 3.47. The van der Waals surface area contributed by atoms with Crippen molar-refractivity contribution in [2.75, 3.05) is 19.0 Å². The summed E-state index contributed by atoms with van der Waals surface area (Å²) in [6.07, 6.45) is 1.86. The first-order chi connectivity index (χ1) is 16.3. The molecule has 0 radical (unpaired) electrons. The first-order valence-electron chi connectivity index (χ1n) is 11.2. The zero-order chi connectivity index (χ0) is 24.1. The molecule has 0 amide bonds. The maximum atomic E-state index is 13.3. The van der Waals surface area contributed by atoms with Crippen molar-refractivity contribution >= 4 is 44.9 Å². The van der Waals surface area contributed by atoms with Crippen molar-refractivity contribution < 1.29 is 0 Å². The summed E-state index contributed by atoms with van der Waals surface area (Å²) in [7, 11) is 3.75. The minimum atomic E-state index is -0.135. The van der Waals surface area contributed by atoms with Crippen LogP contribution in [-0.4, -0.2) is 43.8 Å². The molecule has 176 valence electrons. The van der Waals surface area contributed by atoms with Crippen molar-refractivity contribution in [1.29, 1.82) is 0 Å². The molecule has 2 N–H and O–H groups in total. The van der Waals surface area contributed by atoms with Crippen molar-refractivity contribution in [2.45, 2.75) is 33.4 Å². The highest BCUT2D eigenvalue weighted by Crippen LogP contribution is 2.33. The van der Waals surface area contributed by atoms with Gasteiger partial charge in [0.2, 0.25) is 0 Å². The minimum Gasteiger partial charge on any atom is -0.377 e. The maximum absolute atomic E-state index is 13.3. The number of rotatable bonds is 5. The van der Waals surface area contributed by atoms with Gasteiger partial charge in [0.25, 0.3) is 5.56 Å². The first-order valence-corrected chi connectivity index (χ1v) is 11.6. The molecule has 0 bridgehead atoms. The number of amidine groups is 1. The predicted molar refractivity (Wildman–Crippen MR) is 136 cm³/mol. The molecule has 1 atom stereocenters. The Morgan fingerprint density at radius 2 is 2.03 bits per heavy atom. The number of aryl methyl sites for hydroxylation is 3. The first kappa shape index (κ1) is 22.2. The van der Waals surface area contributed by atoms with Crippen LogP contribution in [-0.2, 0) is 13.6 Å². The average Bonchev–Trinajstić information content (AvgIpc) is 3.44. The van der Waals surface area contributed by atoms with Gasteiger partial charge in [0.15, 0.2) is 5.84 Å². The molecule has 1 aliphatic heterocycles. The molecule has 9 nitrogen and oxygen atoms in total. The molecule has 0 aliphatic carbocycles. The third-order valence-corrected chi connectivity index (χ3v) is 6.52. The number of pyridine rings is 2. The molecule has 10 heteroatoms. The molecule has 1 unspecified atom stereocenters. The molecule has 4 heterocycles. The number of hydrogen-bond acceptors (Lipinski definition) is 7. The SMILES string of the molecule is CCn1ncc2c3c(C(C)Nc4ccc(Cl)nc4C4=NNCN4C)cc(C)cc3c(=O)n(C)c21. The van der Waals surface area contributed by atoms with Crippen LogP contribution in [0.3, 0.4) is 0 Å². The van der Waals surface area contributed by atoms with E-state index in [-0.39, 0.29) is 11.6 Å². The van der Waals surface area contributed by atoms with Crippen LogP contribution >= 0.6 is 11.6 Å². The largest absolute Gasteiger partial charge is 0.377 e. The molecule has 1 aliphatic rings. The monoisotopic (exact) mass is 478 g/mol. The van der Waals surface area contributed by atoms with Crippen molar-refractivity contribution in [2.24, 2.45) is 12.1 Å². The van der Waals surface area contributed by atoms with E-state index in [4.69, 9.17) is 11.6 Å². The summed E-state index contributed by atoms with van der Waals surface area (Å²) in [4.78, 5) is 19.9. The predicted octanol–water partition coefficient (Wildman–Crippen LogP) is 3.59. The lowest BCUT2D eigenvalue weighted by Gasteiger charge is -2.22. The van der Waals surface area contributed by atoms with Crippen LogP contribution in [0.2, 0.25) is 5.15 Å². The van der Waals surface area contributed by atoms with Gasteiger partial charge in [-0.25, -0.2) is 9.67 Å². The Hall–Kier alpha value is -3.59. The summed E-state index contributed by atoms with van der Waals surface area (Å²) < 4.78 is 3.55. The summed E-state index contributed by atoms with van der Waals surface area (Å²) in [5.74, 6) is 0.715. The van der Waals surface area contributed by atoms with Gasteiger partial charge < -0.3 is 10.2 Å². The molecule has 0 fully saturated rings. The van der Waals surface area contributed by atoms with Crippen LogP contribution in [0.25, 0.3) is 21.8 Å². The number of fused-ring (bicyclic) bond motifs is 3. The van der Waals surface area contributed by atoms with Gasteiger partial charge in [-0.1, -0.05) is 17.7 Å². The van der Waals surface area contributed by atoms with Crippen molar-refractivity contribution in [3.05, 3.63) is 62.8 Å². The molecule has 5 rings (SSSR count). The van der Waals surface area contributed by atoms with E-state index in [9.17, 15) is 4.79 Å². The van der Waals surface area contributed by atoms with Crippen LogP contribution in [0.5, 0.6) is 0 Å². The number of hydrazone groups is 1. The Balaban J connectivity index is 1.69. The van der Waals surface area contributed by atoms with Crippen LogP contribution < -0.4 is 16.3 Å². The standard InChI is InChI=1S/C24H27ClN8O/c1-6-33-23-17(11-27-33)20-15(9-13(2)10-16(20)24(34)32(23)5)14(3)28-18-7-8-19(25)29-21(18)22-30-26-12-31(22)4/h7-11,14,26,28H,6,12H2,1-5H3. The van der Waals surface area contributed by atoms with Crippen molar-refractivity contribution in [3.63, 3.8) is 0 Å². The molecular weight excluding hydrogens is 452 g/mol. The van der Waals surface area contributed by atoms with Gasteiger partial charge in [0.1, 0.15) is 23.2 Å². The summed E-state index contributed by atoms with van der Waals surface area (Å²) in [5, 5.41) is 15.5. The zero-order valence-corrected chi connectivity index (χ0v) is 20.6. The van der Waals surface area contributed by atoms with E-state index in [0.717, 1.165) is 33.2 Å². The zero-order valence-electron chi connectivity index (χ0n) is 19.8. The number of nitrogens with zero attached hydrogens (tertiary/aromatic N) is 6. The van der Waals surface area contributed by atoms with Crippen LogP contribution in [0, 0.1) is 6.92 Å². The maximum Gasteiger partial charge on any atom is 0.259 e. The van der Waals surface area contributed by atoms with Crippen LogP contribution in [0.4, 0.5) is 5.69 Å². The Bertz CT molecular complexity index is 1520. The lowest BCUT2D eigenvalue weighted by Crippen LogP contribution is -2.27. The van der Waals surface area contributed by atoms with Gasteiger partial charge in [-0.2, -0.15) is 10.2 Å². The van der Waals surface area contributed by atoms with Gasteiger partial charge in [-0.3, -0.25) is 14.8 Å². The average molecular weight is 479 g/mol. The minimum absolute atomic E-state index is 0.0308. The number of aromatic nitrogens is 4. The second-order valence-electron chi connectivity index (χ2n) is 8.68. The third-order valence-electron chi connectivity index (χ3n) is 6.31. The molecule has 1 aromatic carbocycles. The number of nitrogens with one attached hydrogen (secondary N) is 2. The number of hydrogen-bond donors (Lipinski definition) is 2. The molecule has 0 saturated heterocycles. The Kier molecular flexibility index (Phi) is 5.44. The number of anilines is 1. The lowest BCUT2D eigenvalue weighted by atomic mass is 9.95. The van der Waals surface area contributed by atoms with Crippen LogP contribution in [0.15, 0.2) is 40.4 Å². The van der Waals surface area contributed by atoms with E-state index in [1.54, 1.807) is 17.7 Å². The van der Waals surface area contributed by atoms with E-state index >= 15 is 0 Å². The van der Waals surface area contributed by atoms with Crippen molar-refractivity contribution in [1.82, 2.24) is 29.7 Å². The second kappa shape index (κ2) is 8.32. The van der Waals surface area contributed by atoms with E-state index in [0.29, 0.717) is 35.3 Å². The summed E-state index contributed by atoms with van der Waals surface area (Å²) in [6, 6.07) is 7.63. The summed E-state index contributed by atoms with van der Waals surface area (Å²) in [5.41, 5.74) is 7.29. The molecular formula is C24H27ClN8O. The molecule has 34 heavy (non-hydrogen) atoms. The van der Waals surface area contributed by atoms with Gasteiger partial charge in [-0.05, 0) is 50.1 Å². The Morgan fingerprint density at radius 1 is 1.24 bits per heavy atom. The van der Waals surface area contributed by atoms with E-state index in [1.807, 2.05) is 48.8 Å². The summed E-state index contributed by atoms with van der Waals surface area (Å²) >= 11 is 6.23. The fourth-order valence-corrected chi connectivity index (χ4v) is 4.83. The topological polar surface area (TPSA) is 92.4 Å². The quantitative estimate of drug-likeness (QED) is 0.426. The molecule has 3 aromatic heterocycles. The fourth-order valence-electron chi connectivity index (χ4n) is 4.69. The Labute approximate surface area is 202 Å². The van der Waals surface area contributed by atoms with Gasteiger partial charge in [-0.15, -0.1) is 0 Å². The summed E-state index contributed by atoms with van der Waals surface area (Å²) in [6.45, 7) is 7.40. The van der Waals surface area contributed by atoms with E-state index in [1.165, 1.54) is 0 Å². The molecule has 0 saturated carbocycles. The van der Waals surface area contributed by atoms with E-state index in [2.05, 4.69) is 38.9 Å². The normalized spacial score (nSPS) is 14.5. The van der Waals surface area contributed by atoms with Gasteiger partial charge >= 0.3 is 0 Å². The highest BCUT2D eigenvalue weighted by Gasteiger charge is 2.23. The van der Waals surface area contributed by atoms with Gasteiger partial charge in [0.05, 0.1) is 11.9 Å².